The zero-order valence-electron chi connectivity index (χ0n) is 16.7. The van der Waals surface area contributed by atoms with Crippen LogP contribution in [0.3, 0.4) is 0 Å². The Morgan fingerprint density at radius 2 is 2.07 bits per heavy atom. The first-order valence-electron chi connectivity index (χ1n) is 9.89. The third kappa shape index (κ3) is 4.43. The van der Waals surface area contributed by atoms with E-state index < -0.39 is 0 Å². The molecule has 2 unspecified atom stereocenters. The minimum atomic E-state index is 0.647. The van der Waals surface area contributed by atoms with Gasteiger partial charge in [0.1, 0.15) is 5.76 Å². The van der Waals surface area contributed by atoms with Gasteiger partial charge in [-0.3, -0.25) is 4.57 Å². The Morgan fingerprint density at radius 3 is 2.75 bits per heavy atom. The summed E-state index contributed by atoms with van der Waals surface area (Å²) in [6, 6.07) is 3.94. The van der Waals surface area contributed by atoms with Crippen LogP contribution in [0.2, 0.25) is 0 Å². The summed E-state index contributed by atoms with van der Waals surface area (Å²) in [6.45, 7) is 9.48. The van der Waals surface area contributed by atoms with E-state index in [4.69, 9.17) is 4.42 Å². The average Bonchev–Trinajstić information content (AvgIpc) is 3.41. The smallest absolute Gasteiger partial charge is 0.228 e. The molecule has 1 aliphatic heterocycles. The number of thiazole rings is 1. The number of aryl methyl sites for hydroxylation is 1. The second-order valence-corrected chi connectivity index (χ2v) is 9.56. The second-order valence-electron chi connectivity index (χ2n) is 7.67. The van der Waals surface area contributed by atoms with E-state index in [9.17, 15) is 0 Å². The number of piperidine rings is 1. The third-order valence-corrected chi connectivity index (χ3v) is 7.04. The molecule has 28 heavy (non-hydrogen) atoms. The summed E-state index contributed by atoms with van der Waals surface area (Å²) in [5.41, 5.74) is 1.11. The Bertz CT molecular complexity index is 878. The van der Waals surface area contributed by atoms with Crippen LogP contribution >= 0.6 is 23.1 Å². The minimum absolute atomic E-state index is 0.647. The molecule has 8 heteroatoms. The van der Waals surface area contributed by atoms with E-state index in [1.54, 1.807) is 29.4 Å². The zero-order valence-corrected chi connectivity index (χ0v) is 18.3. The van der Waals surface area contributed by atoms with Gasteiger partial charge < -0.3 is 9.32 Å². The van der Waals surface area contributed by atoms with Crippen molar-refractivity contribution in [2.75, 3.05) is 18.0 Å². The molecule has 1 fully saturated rings. The summed E-state index contributed by atoms with van der Waals surface area (Å²) in [5.74, 6) is 4.00. The van der Waals surface area contributed by atoms with Gasteiger partial charge in [-0.15, -0.1) is 21.5 Å². The normalized spacial score (nSPS) is 20.0. The Kier molecular flexibility index (Phi) is 6.06. The number of rotatable bonds is 7. The molecule has 0 radical (unpaired) electrons. The average molecular weight is 418 g/mol. The molecule has 150 valence electrons. The summed E-state index contributed by atoms with van der Waals surface area (Å²) < 4.78 is 7.81. The molecule has 0 bridgehead atoms. The van der Waals surface area contributed by atoms with Gasteiger partial charge >= 0.3 is 0 Å². The maximum absolute atomic E-state index is 5.61. The number of nitrogens with zero attached hydrogens (tertiary/aromatic N) is 5. The molecule has 0 spiro atoms. The number of aromatic nitrogens is 4. The van der Waals surface area contributed by atoms with E-state index in [1.807, 2.05) is 12.1 Å². The van der Waals surface area contributed by atoms with Crippen LogP contribution in [0, 0.1) is 11.8 Å². The van der Waals surface area contributed by atoms with Crippen molar-refractivity contribution in [1.82, 2.24) is 19.7 Å². The van der Waals surface area contributed by atoms with Crippen LogP contribution in [0.25, 0.3) is 0 Å². The lowest BCUT2D eigenvalue weighted by molar-refractivity contribution is 0.350. The van der Waals surface area contributed by atoms with E-state index in [0.29, 0.717) is 18.4 Å². The number of furan rings is 1. The predicted octanol–water partition coefficient (Wildman–Crippen LogP) is 4.71. The van der Waals surface area contributed by atoms with Gasteiger partial charge in [0.05, 0.1) is 23.5 Å². The van der Waals surface area contributed by atoms with Gasteiger partial charge in [0.15, 0.2) is 5.16 Å². The number of hydrogen-bond donors (Lipinski definition) is 0. The molecule has 0 aliphatic carbocycles. The van der Waals surface area contributed by atoms with Gasteiger partial charge in [0.25, 0.3) is 0 Å². The monoisotopic (exact) mass is 417 g/mol. The van der Waals surface area contributed by atoms with Crippen LogP contribution in [-0.4, -0.2) is 32.8 Å². The highest BCUT2D eigenvalue weighted by Gasteiger charge is 2.27. The summed E-state index contributed by atoms with van der Waals surface area (Å²) in [7, 11) is 0. The summed E-state index contributed by atoms with van der Waals surface area (Å²) in [4.78, 5) is 7.06. The lowest BCUT2D eigenvalue weighted by atomic mass is 9.92. The van der Waals surface area contributed by atoms with Gasteiger partial charge in [-0.05, 0) is 36.8 Å². The Labute approximate surface area is 174 Å². The first kappa shape index (κ1) is 19.5. The largest absolute Gasteiger partial charge is 0.467 e. The first-order chi connectivity index (χ1) is 13.6. The fraction of sp³-hybridized carbons (Fsp3) is 0.550. The Morgan fingerprint density at radius 1 is 1.25 bits per heavy atom. The fourth-order valence-electron chi connectivity index (χ4n) is 3.86. The van der Waals surface area contributed by atoms with E-state index in [2.05, 4.69) is 50.8 Å². The predicted molar refractivity (Wildman–Crippen MR) is 114 cm³/mol. The molecule has 1 aliphatic rings. The van der Waals surface area contributed by atoms with Crippen molar-refractivity contribution in [2.45, 2.75) is 51.1 Å². The molecule has 6 nitrogen and oxygen atoms in total. The summed E-state index contributed by atoms with van der Waals surface area (Å²) in [5, 5.41) is 13.4. The van der Waals surface area contributed by atoms with Gasteiger partial charge in [0, 0.05) is 24.2 Å². The molecular weight excluding hydrogens is 390 g/mol. The van der Waals surface area contributed by atoms with Crippen LogP contribution in [0.5, 0.6) is 0 Å². The van der Waals surface area contributed by atoms with Crippen LogP contribution in [-0.2, 0) is 18.7 Å². The van der Waals surface area contributed by atoms with Crippen molar-refractivity contribution in [3.63, 3.8) is 0 Å². The molecule has 0 aromatic carbocycles. The Balaban J connectivity index is 1.57. The molecule has 2 atom stereocenters. The van der Waals surface area contributed by atoms with Crippen LogP contribution in [0.15, 0.2) is 33.3 Å². The third-order valence-electron chi connectivity index (χ3n) is 4.99. The maximum atomic E-state index is 5.61. The lowest BCUT2D eigenvalue weighted by Gasteiger charge is -2.35. The molecule has 0 N–H and O–H groups in total. The van der Waals surface area contributed by atoms with Gasteiger partial charge in [-0.1, -0.05) is 32.5 Å². The molecular formula is C20H27N5OS2. The van der Waals surface area contributed by atoms with E-state index in [-0.39, 0.29) is 0 Å². The minimum Gasteiger partial charge on any atom is -0.467 e. The molecule has 4 heterocycles. The molecule has 0 saturated carbocycles. The van der Waals surface area contributed by atoms with Crippen molar-refractivity contribution in [1.29, 1.82) is 0 Å². The number of hydrogen-bond acceptors (Lipinski definition) is 7. The van der Waals surface area contributed by atoms with Crippen molar-refractivity contribution in [3.05, 3.63) is 40.2 Å². The van der Waals surface area contributed by atoms with Gasteiger partial charge in [-0.25, -0.2) is 4.98 Å². The fourth-order valence-corrected chi connectivity index (χ4v) is 5.54. The van der Waals surface area contributed by atoms with Gasteiger partial charge in [-0.2, -0.15) is 0 Å². The standard InChI is InChI=1S/C20H27N5OS2/c1-4-18-21-16(12-27-18)13-28-20-23-22-19(24-9-14(2)8-15(3)10-24)25(20)11-17-6-5-7-26-17/h5-7,12,14-15H,4,8-11,13H2,1-3H3. The van der Waals surface area contributed by atoms with E-state index in [0.717, 1.165) is 47.8 Å². The lowest BCUT2D eigenvalue weighted by Crippen LogP contribution is -2.40. The maximum Gasteiger partial charge on any atom is 0.228 e. The zero-order chi connectivity index (χ0) is 19.5. The topological polar surface area (TPSA) is 60.0 Å². The molecule has 0 amide bonds. The molecule has 3 aromatic rings. The van der Waals surface area contributed by atoms with Crippen molar-refractivity contribution in [2.24, 2.45) is 11.8 Å². The molecule has 4 rings (SSSR count). The van der Waals surface area contributed by atoms with Crippen molar-refractivity contribution in [3.8, 4) is 0 Å². The highest BCUT2D eigenvalue weighted by Crippen LogP contribution is 2.30. The van der Waals surface area contributed by atoms with E-state index >= 15 is 0 Å². The molecule has 1 saturated heterocycles. The summed E-state index contributed by atoms with van der Waals surface area (Å²) in [6.07, 6.45) is 3.98. The van der Waals surface area contributed by atoms with Crippen molar-refractivity contribution >= 4 is 29.0 Å². The highest BCUT2D eigenvalue weighted by molar-refractivity contribution is 7.98. The number of anilines is 1. The summed E-state index contributed by atoms with van der Waals surface area (Å²) >= 11 is 3.43. The van der Waals surface area contributed by atoms with E-state index in [1.165, 1.54) is 11.4 Å². The molecule has 3 aromatic heterocycles. The van der Waals surface area contributed by atoms with Crippen LogP contribution < -0.4 is 4.90 Å². The van der Waals surface area contributed by atoms with Crippen LogP contribution in [0.4, 0.5) is 5.95 Å². The number of thioether (sulfide) groups is 1. The van der Waals surface area contributed by atoms with Gasteiger partial charge in [0.2, 0.25) is 5.95 Å². The highest BCUT2D eigenvalue weighted by atomic mass is 32.2. The Hall–Kier alpha value is -1.80. The van der Waals surface area contributed by atoms with Crippen molar-refractivity contribution < 1.29 is 4.42 Å². The van der Waals surface area contributed by atoms with Crippen LogP contribution in [0.1, 0.15) is 43.7 Å². The first-order valence-corrected chi connectivity index (χ1v) is 11.8. The second kappa shape index (κ2) is 8.69. The SMILES string of the molecule is CCc1nc(CSc2nnc(N3CC(C)CC(C)C3)n2Cc2ccco2)cs1. The quantitative estimate of drug-likeness (QED) is 0.519.